The molecule has 8 heteroatoms. The van der Waals surface area contributed by atoms with Crippen molar-refractivity contribution in [1.82, 2.24) is 9.88 Å². The minimum atomic E-state index is -0.584. The molecular formula is C16H23BrFN3O3. The first-order valence-corrected chi connectivity index (χ1v) is 8.59. The number of hydrogen-bond donors (Lipinski definition) is 1. The molecule has 134 valence electrons. The predicted octanol–water partition coefficient (Wildman–Crippen LogP) is 2.71. The zero-order chi connectivity index (χ0) is 18.1. The standard InChI is InChI=1S/C16H23BrFN3O3/c1-10-12(17)7-13(18)14(19-10)21-6-5-20(8-11(21)9-22)15(23)24-16(2,3)4/h7,11,22H,5-6,8-9H2,1-4H3/t11-/m0/s1. The minimum absolute atomic E-state index is 0.193. The summed E-state index contributed by atoms with van der Waals surface area (Å²) in [4.78, 5) is 19.7. The van der Waals surface area contributed by atoms with Crippen LogP contribution in [0.5, 0.6) is 0 Å². The van der Waals surface area contributed by atoms with E-state index < -0.39 is 23.6 Å². The molecule has 24 heavy (non-hydrogen) atoms. The minimum Gasteiger partial charge on any atom is -0.444 e. The van der Waals surface area contributed by atoms with Gasteiger partial charge in [-0.1, -0.05) is 0 Å². The number of nitrogens with zero attached hydrogens (tertiary/aromatic N) is 3. The molecule has 0 unspecified atom stereocenters. The van der Waals surface area contributed by atoms with Crippen LogP contribution in [0.3, 0.4) is 0 Å². The maximum Gasteiger partial charge on any atom is 0.410 e. The van der Waals surface area contributed by atoms with Crippen LogP contribution in [0.15, 0.2) is 10.5 Å². The first-order chi connectivity index (χ1) is 11.1. The van der Waals surface area contributed by atoms with Crippen LogP contribution in [0.4, 0.5) is 15.0 Å². The summed E-state index contributed by atoms with van der Waals surface area (Å²) >= 11 is 3.25. The molecule has 0 aromatic carbocycles. The van der Waals surface area contributed by atoms with Crippen molar-refractivity contribution in [2.24, 2.45) is 0 Å². The van der Waals surface area contributed by atoms with Gasteiger partial charge < -0.3 is 19.6 Å². The molecule has 0 bridgehead atoms. The van der Waals surface area contributed by atoms with E-state index in [1.165, 1.54) is 11.0 Å². The number of aliphatic hydroxyl groups is 1. The van der Waals surface area contributed by atoms with E-state index in [-0.39, 0.29) is 19.0 Å². The molecule has 6 nitrogen and oxygen atoms in total. The second-order valence-electron chi connectivity index (χ2n) is 6.82. The van der Waals surface area contributed by atoms with Gasteiger partial charge in [-0.25, -0.2) is 14.2 Å². The molecule has 1 N–H and O–H groups in total. The summed E-state index contributed by atoms with van der Waals surface area (Å²) in [5.74, 6) is -0.268. The highest BCUT2D eigenvalue weighted by Gasteiger charge is 2.33. The van der Waals surface area contributed by atoms with Crippen LogP contribution in [0.25, 0.3) is 0 Å². The van der Waals surface area contributed by atoms with Crippen LogP contribution in [0.1, 0.15) is 26.5 Å². The zero-order valence-corrected chi connectivity index (χ0v) is 15.9. The number of carbonyl (C=O) groups excluding carboxylic acids is 1. The molecule has 1 aliphatic heterocycles. The molecule has 1 amide bonds. The Morgan fingerprint density at radius 3 is 2.75 bits per heavy atom. The van der Waals surface area contributed by atoms with Gasteiger partial charge in [0.25, 0.3) is 0 Å². The number of hydrogen-bond acceptors (Lipinski definition) is 5. The number of anilines is 1. The van der Waals surface area contributed by atoms with Crippen molar-refractivity contribution in [3.05, 3.63) is 22.1 Å². The highest BCUT2D eigenvalue weighted by molar-refractivity contribution is 9.10. The van der Waals surface area contributed by atoms with Crippen LogP contribution in [0, 0.1) is 12.7 Å². The Bertz CT molecular complexity index is 621. The van der Waals surface area contributed by atoms with E-state index in [0.717, 1.165) is 0 Å². The fourth-order valence-corrected chi connectivity index (χ4v) is 2.82. The normalized spacial score (nSPS) is 18.7. The fraction of sp³-hybridized carbons (Fsp3) is 0.625. The number of piperazine rings is 1. The second-order valence-corrected chi connectivity index (χ2v) is 7.67. The predicted molar refractivity (Wildman–Crippen MR) is 92.7 cm³/mol. The van der Waals surface area contributed by atoms with Gasteiger partial charge in [0.1, 0.15) is 5.60 Å². The lowest BCUT2D eigenvalue weighted by Gasteiger charge is -2.41. The maximum atomic E-state index is 14.3. The molecule has 1 saturated heterocycles. The Labute approximate surface area is 149 Å². The van der Waals surface area contributed by atoms with Crippen LogP contribution >= 0.6 is 15.9 Å². The van der Waals surface area contributed by atoms with Gasteiger partial charge in [-0.05, 0) is 49.7 Å². The summed E-state index contributed by atoms with van der Waals surface area (Å²) in [6, 6.07) is 0.931. The van der Waals surface area contributed by atoms with Crippen molar-refractivity contribution in [1.29, 1.82) is 0 Å². The summed E-state index contributed by atoms with van der Waals surface area (Å²) < 4.78 is 20.2. The Morgan fingerprint density at radius 1 is 1.50 bits per heavy atom. The number of halogens is 2. The number of carbonyl (C=O) groups is 1. The van der Waals surface area contributed by atoms with Gasteiger partial charge in [-0.2, -0.15) is 0 Å². The topological polar surface area (TPSA) is 65.9 Å². The highest BCUT2D eigenvalue weighted by Crippen LogP contribution is 2.26. The summed E-state index contributed by atoms with van der Waals surface area (Å²) in [6.07, 6.45) is -0.430. The van der Waals surface area contributed by atoms with Gasteiger partial charge in [0.2, 0.25) is 0 Å². The van der Waals surface area contributed by atoms with Crippen LogP contribution < -0.4 is 4.90 Å². The van der Waals surface area contributed by atoms with E-state index in [2.05, 4.69) is 20.9 Å². The molecule has 1 aromatic rings. The third-order valence-electron chi connectivity index (χ3n) is 3.70. The van der Waals surface area contributed by atoms with E-state index in [0.29, 0.717) is 23.3 Å². The molecule has 1 aromatic heterocycles. The highest BCUT2D eigenvalue weighted by atomic mass is 79.9. The van der Waals surface area contributed by atoms with Gasteiger partial charge >= 0.3 is 6.09 Å². The van der Waals surface area contributed by atoms with E-state index in [1.807, 2.05) is 0 Å². The van der Waals surface area contributed by atoms with Crippen LogP contribution in [-0.2, 0) is 4.74 Å². The first kappa shape index (κ1) is 18.9. The number of amides is 1. The van der Waals surface area contributed by atoms with Gasteiger partial charge in [0.05, 0.1) is 18.3 Å². The average Bonchev–Trinajstić information content (AvgIpc) is 2.48. The molecule has 1 atom stereocenters. The smallest absolute Gasteiger partial charge is 0.410 e. The van der Waals surface area contributed by atoms with Crippen LogP contribution in [-0.4, -0.2) is 59.0 Å². The zero-order valence-electron chi connectivity index (χ0n) is 14.3. The molecule has 0 saturated carbocycles. The van der Waals surface area contributed by atoms with Crippen molar-refractivity contribution in [2.45, 2.75) is 39.3 Å². The molecule has 0 radical (unpaired) electrons. The molecular weight excluding hydrogens is 381 g/mol. The van der Waals surface area contributed by atoms with Crippen molar-refractivity contribution in [3.8, 4) is 0 Å². The Kier molecular flexibility index (Phi) is 5.70. The SMILES string of the molecule is Cc1nc(N2CCN(C(=O)OC(C)(C)C)C[C@H]2CO)c(F)cc1Br. The molecule has 2 rings (SSSR count). The van der Waals surface area contributed by atoms with Gasteiger partial charge in [0.15, 0.2) is 11.6 Å². The average molecular weight is 404 g/mol. The summed E-state index contributed by atoms with van der Waals surface area (Å²) in [7, 11) is 0. The van der Waals surface area contributed by atoms with E-state index in [1.54, 1.807) is 32.6 Å². The lowest BCUT2D eigenvalue weighted by atomic mass is 10.1. The summed E-state index contributed by atoms with van der Waals surface area (Å²) in [5.41, 5.74) is 0.0806. The van der Waals surface area contributed by atoms with Crippen molar-refractivity contribution < 1.29 is 19.0 Å². The number of rotatable bonds is 2. The lowest BCUT2D eigenvalue weighted by Crippen LogP contribution is -2.57. The van der Waals surface area contributed by atoms with Crippen molar-refractivity contribution >= 4 is 27.8 Å². The molecule has 2 heterocycles. The van der Waals surface area contributed by atoms with Gasteiger partial charge in [0, 0.05) is 24.1 Å². The monoisotopic (exact) mass is 403 g/mol. The largest absolute Gasteiger partial charge is 0.444 e. The summed E-state index contributed by atoms with van der Waals surface area (Å²) in [5, 5.41) is 9.69. The third kappa shape index (κ3) is 4.36. The second kappa shape index (κ2) is 7.23. The van der Waals surface area contributed by atoms with Crippen LogP contribution in [0.2, 0.25) is 0 Å². The Morgan fingerprint density at radius 2 is 2.17 bits per heavy atom. The first-order valence-electron chi connectivity index (χ1n) is 7.80. The number of pyridine rings is 1. The fourth-order valence-electron chi connectivity index (χ4n) is 2.53. The van der Waals surface area contributed by atoms with E-state index in [4.69, 9.17) is 4.74 Å². The van der Waals surface area contributed by atoms with Crippen molar-refractivity contribution in [3.63, 3.8) is 0 Å². The lowest BCUT2D eigenvalue weighted by molar-refractivity contribution is 0.0196. The number of aliphatic hydroxyl groups excluding tert-OH is 1. The maximum absolute atomic E-state index is 14.3. The molecule has 1 aliphatic rings. The van der Waals surface area contributed by atoms with Gasteiger partial charge in [-0.15, -0.1) is 0 Å². The van der Waals surface area contributed by atoms with E-state index in [9.17, 15) is 14.3 Å². The quantitative estimate of drug-likeness (QED) is 0.821. The molecule has 1 fully saturated rings. The Hall–Kier alpha value is -1.41. The van der Waals surface area contributed by atoms with Crippen molar-refractivity contribution in [2.75, 3.05) is 31.1 Å². The number of aryl methyl sites for hydroxylation is 1. The van der Waals surface area contributed by atoms with Gasteiger partial charge in [-0.3, -0.25) is 0 Å². The molecule has 0 spiro atoms. The number of aromatic nitrogens is 1. The Balaban J connectivity index is 2.16. The third-order valence-corrected chi connectivity index (χ3v) is 4.51. The summed E-state index contributed by atoms with van der Waals surface area (Å²) in [6.45, 7) is 7.96. The number of ether oxygens (including phenoxy) is 1. The molecule has 0 aliphatic carbocycles. The van der Waals surface area contributed by atoms with E-state index >= 15 is 0 Å².